The van der Waals surface area contributed by atoms with Gasteiger partial charge in [0.25, 0.3) is 0 Å². The average molecular weight is 515 g/mol. The molecule has 3 atom stereocenters. The molecule has 0 saturated heterocycles. The van der Waals surface area contributed by atoms with Crippen molar-refractivity contribution >= 4 is 5.91 Å². The van der Waals surface area contributed by atoms with E-state index >= 15 is 0 Å². The van der Waals surface area contributed by atoms with Crippen molar-refractivity contribution in [3.8, 4) is 11.5 Å². The van der Waals surface area contributed by atoms with Gasteiger partial charge in [-0.3, -0.25) is 4.79 Å². The van der Waals surface area contributed by atoms with Crippen molar-refractivity contribution in [3.63, 3.8) is 0 Å². The van der Waals surface area contributed by atoms with Crippen molar-refractivity contribution in [2.24, 2.45) is 17.6 Å². The number of methoxy groups -OCH3 is 2. The Morgan fingerprint density at radius 2 is 1.76 bits per heavy atom. The molecule has 206 valence electrons. The maximum absolute atomic E-state index is 12.9. The molecule has 2 aromatic rings. The molecule has 4 N–H and O–H groups in total. The summed E-state index contributed by atoms with van der Waals surface area (Å²) in [5.41, 5.74) is 7.77. The smallest absolute Gasteiger partial charge is 0.230 e. The van der Waals surface area contributed by atoms with Crippen LogP contribution in [0.15, 0.2) is 48.5 Å². The second-order valence-electron chi connectivity index (χ2n) is 10.6. The van der Waals surface area contributed by atoms with Gasteiger partial charge in [0, 0.05) is 32.7 Å². The maximum Gasteiger partial charge on any atom is 0.230 e. The number of rotatable bonds is 16. The average Bonchev–Trinajstić information content (AvgIpc) is 2.89. The van der Waals surface area contributed by atoms with Gasteiger partial charge in [0.2, 0.25) is 5.91 Å². The molecule has 0 fully saturated rings. The molecule has 0 bridgehead atoms. The molecule has 1 amide bonds. The van der Waals surface area contributed by atoms with E-state index in [4.69, 9.17) is 19.9 Å². The Labute approximate surface area is 222 Å². The van der Waals surface area contributed by atoms with Crippen molar-refractivity contribution < 1.29 is 24.1 Å². The molecule has 2 aromatic carbocycles. The normalized spacial score (nSPS) is 14.2. The highest BCUT2D eigenvalue weighted by Crippen LogP contribution is 2.31. The van der Waals surface area contributed by atoms with Gasteiger partial charge in [-0.15, -0.1) is 0 Å². The zero-order chi connectivity index (χ0) is 27.4. The van der Waals surface area contributed by atoms with Crippen LogP contribution in [0.3, 0.4) is 0 Å². The largest absolute Gasteiger partial charge is 0.493 e. The van der Waals surface area contributed by atoms with E-state index in [2.05, 4.69) is 19.2 Å². The lowest BCUT2D eigenvalue weighted by Gasteiger charge is -2.29. The molecule has 0 aliphatic heterocycles. The molecule has 0 saturated carbocycles. The van der Waals surface area contributed by atoms with Crippen LogP contribution in [0.1, 0.15) is 51.7 Å². The van der Waals surface area contributed by atoms with Crippen molar-refractivity contribution in [2.45, 2.75) is 64.5 Å². The number of hydrogen-bond acceptors (Lipinski definition) is 6. The lowest BCUT2D eigenvalue weighted by atomic mass is 9.82. The zero-order valence-electron chi connectivity index (χ0n) is 23.3. The third-order valence-corrected chi connectivity index (χ3v) is 7.02. The summed E-state index contributed by atoms with van der Waals surface area (Å²) in [7, 11) is 3.31. The first-order valence-corrected chi connectivity index (χ1v) is 13.2. The SMILES string of the molecule is COCCCOc1cc(C[C@@H](C[C@H](N)[C@H](O)CNC(=O)C(C)(C)c2ccccc2)C(C)C)ccc1OC. The number of hydrogen-bond donors (Lipinski definition) is 3. The summed E-state index contributed by atoms with van der Waals surface area (Å²) in [6.45, 7) is 9.39. The van der Waals surface area contributed by atoms with E-state index < -0.39 is 17.6 Å². The Balaban J connectivity index is 1.97. The minimum atomic E-state index is -0.840. The lowest BCUT2D eigenvalue weighted by Crippen LogP contribution is -2.48. The van der Waals surface area contributed by atoms with E-state index in [1.165, 1.54) is 0 Å². The van der Waals surface area contributed by atoms with Crippen molar-refractivity contribution in [2.75, 3.05) is 34.0 Å². The van der Waals surface area contributed by atoms with Crippen LogP contribution in [0, 0.1) is 11.8 Å². The summed E-state index contributed by atoms with van der Waals surface area (Å²) in [4.78, 5) is 12.9. The van der Waals surface area contributed by atoms with E-state index in [-0.39, 0.29) is 18.4 Å². The number of ether oxygens (including phenoxy) is 3. The van der Waals surface area contributed by atoms with Gasteiger partial charge in [-0.25, -0.2) is 0 Å². The third-order valence-electron chi connectivity index (χ3n) is 7.02. The molecule has 37 heavy (non-hydrogen) atoms. The summed E-state index contributed by atoms with van der Waals surface area (Å²) in [6, 6.07) is 15.2. The Bertz CT molecular complexity index is 948. The zero-order valence-corrected chi connectivity index (χ0v) is 23.3. The van der Waals surface area contributed by atoms with Crippen molar-refractivity contribution in [3.05, 3.63) is 59.7 Å². The molecule has 0 heterocycles. The number of nitrogens with two attached hydrogens (primary N) is 1. The predicted molar refractivity (Wildman–Crippen MR) is 148 cm³/mol. The van der Waals surface area contributed by atoms with Crippen molar-refractivity contribution in [1.82, 2.24) is 5.32 Å². The molecule has 0 unspecified atom stereocenters. The Hall–Kier alpha value is -2.61. The Morgan fingerprint density at radius 3 is 2.38 bits per heavy atom. The standard InChI is InChI=1S/C30H46N2O5/c1-21(2)23(17-22-13-14-27(36-6)28(18-22)37-16-10-15-35-5)19-25(31)26(33)20-32-29(34)30(3,4)24-11-8-7-9-12-24/h7-9,11-14,18,21,23,25-26,33H,10,15-17,19-20,31H2,1-6H3,(H,32,34)/t23-,25-,26+/m0/s1. The van der Waals surface area contributed by atoms with Crippen molar-refractivity contribution in [1.29, 1.82) is 0 Å². The minimum absolute atomic E-state index is 0.114. The summed E-state index contributed by atoms with van der Waals surface area (Å²) in [5.74, 6) is 1.88. The fraction of sp³-hybridized carbons (Fsp3) is 0.567. The third kappa shape index (κ3) is 9.33. The molecule has 0 aliphatic carbocycles. The highest BCUT2D eigenvalue weighted by molar-refractivity contribution is 5.87. The monoisotopic (exact) mass is 514 g/mol. The van der Waals surface area contributed by atoms with E-state index in [0.29, 0.717) is 37.1 Å². The summed E-state index contributed by atoms with van der Waals surface area (Å²) < 4.78 is 16.5. The molecule has 2 rings (SSSR count). The Kier molecular flexibility index (Phi) is 12.4. The minimum Gasteiger partial charge on any atom is -0.493 e. The number of aliphatic hydroxyl groups is 1. The highest BCUT2D eigenvalue weighted by atomic mass is 16.5. The fourth-order valence-corrected chi connectivity index (χ4v) is 4.30. The fourth-order valence-electron chi connectivity index (χ4n) is 4.30. The molecule has 7 heteroatoms. The summed E-state index contributed by atoms with van der Waals surface area (Å²) in [5, 5.41) is 13.7. The van der Waals surface area contributed by atoms with Gasteiger partial charge in [0.15, 0.2) is 11.5 Å². The van der Waals surface area contributed by atoms with Gasteiger partial charge in [0.1, 0.15) is 0 Å². The number of nitrogens with one attached hydrogen (secondary N) is 1. The maximum atomic E-state index is 12.9. The van der Waals surface area contributed by atoms with E-state index in [1.807, 2.05) is 62.4 Å². The number of amides is 1. The van der Waals surface area contributed by atoms with Crippen LogP contribution in [-0.2, 0) is 21.4 Å². The topological polar surface area (TPSA) is 103 Å². The molecule has 0 radical (unpaired) electrons. The van der Waals surface area contributed by atoms with Crippen LogP contribution < -0.4 is 20.5 Å². The van der Waals surface area contributed by atoms with E-state index in [0.717, 1.165) is 24.0 Å². The van der Waals surface area contributed by atoms with Crippen LogP contribution in [0.25, 0.3) is 0 Å². The number of carbonyl (C=O) groups is 1. The predicted octanol–water partition coefficient (Wildman–Crippen LogP) is 4.10. The number of benzene rings is 2. The number of aliphatic hydroxyl groups excluding tert-OH is 1. The quantitative estimate of drug-likeness (QED) is 0.292. The van der Waals surface area contributed by atoms with Crippen LogP contribution in [0.2, 0.25) is 0 Å². The van der Waals surface area contributed by atoms with Gasteiger partial charge >= 0.3 is 0 Å². The molecule has 0 aromatic heterocycles. The second kappa shape index (κ2) is 15.0. The van der Waals surface area contributed by atoms with Gasteiger partial charge < -0.3 is 30.4 Å². The Morgan fingerprint density at radius 1 is 1.05 bits per heavy atom. The van der Waals surface area contributed by atoms with Gasteiger partial charge in [-0.1, -0.05) is 50.2 Å². The van der Waals surface area contributed by atoms with Crippen LogP contribution in [0.5, 0.6) is 11.5 Å². The molecular formula is C30H46N2O5. The summed E-state index contributed by atoms with van der Waals surface area (Å²) >= 11 is 0. The van der Waals surface area contributed by atoms with Gasteiger partial charge in [0.05, 0.1) is 25.2 Å². The lowest BCUT2D eigenvalue weighted by molar-refractivity contribution is -0.126. The number of carbonyl (C=O) groups excluding carboxylic acids is 1. The molecule has 0 spiro atoms. The van der Waals surface area contributed by atoms with E-state index in [9.17, 15) is 9.90 Å². The van der Waals surface area contributed by atoms with Crippen LogP contribution in [-0.4, -0.2) is 57.1 Å². The highest BCUT2D eigenvalue weighted by Gasteiger charge is 2.30. The van der Waals surface area contributed by atoms with Gasteiger partial charge in [-0.05, 0) is 61.8 Å². The molecule has 0 aliphatic rings. The summed E-state index contributed by atoms with van der Waals surface area (Å²) in [6.07, 6.45) is 1.38. The first-order chi connectivity index (χ1) is 17.6. The van der Waals surface area contributed by atoms with Crippen LogP contribution in [0.4, 0.5) is 0 Å². The molecule has 7 nitrogen and oxygen atoms in total. The van der Waals surface area contributed by atoms with Crippen LogP contribution >= 0.6 is 0 Å². The van der Waals surface area contributed by atoms with Gasteiger partial charge in [-0.2, -0.15) is 0 Å². The second-order valence-corrected chi connectivity index (χ2v) is 10.6. The molecular weight excluding hydrogens is 468 g/mol. The first kappa shape index (κ1) is 30.6. The van der Waals surface area contributed by atoms with E-state index in [1.54, 1.807) is 14.2 Å². The first-order valence-electron chi connectivity index (χ1n) is 13.2.